The third-order valence-electron chi connectivity index (χ3n) is 1.77. The van der Waals surface area contributed by atoms with Crippen molar-refractivity contribution in [1.82, 2.24) is 0 Å². The van der Waals surface area contributed by atoms with Crippen molar-refractivity contribution in [1.29, 1.82) is 0 Å². The molecule has 0 aromatic heterocycles. The zero-order valence-corrected chi connectivity index (χ0v) is 8.66. The third kappa shape index (κ3) is 2.98. The first kappa shape index (κ1) is 13.0. The molecule has 0 saturated carbocycles. The predicted molar refractivity (Wildman–Crippen MR) is 47.8 cm³/mol. The summed E-state index contributed by atoms with van der Waals surface area (Å²) < 4.78 is 64.9. The Bertz CT molecular complexity index is 365. The van der Waals surface area contributed by atoms with Gasteiger partial charge in [0.25, 0.3) is 0 Å². The minimum absolute atomic E-state index is 0.268. The Balaban J connectivity index is 3.18. The van der Waals surface area contributed by atoms with Gasteiger partial charge >= 0.3 is 12.8 Å². The highest BCUT2D eigenvalue weighted by Gasteiger charge is 2.35. The van der Waals surface area contributed by atoms with Crippen molar-refractivity contribution < 1.29 is 26.7 Å². The molecule has 0 aliphatic heterocycles. The lowest BCUT2D eigenvalue weighted by Crippen LogP contribution is -2.09. The van der Waals surface area contributed by atoms with Crippen molar-refractivity contribution in [3.8, 4) is 5.75 Å². The molecular weight excluding hydrogens is 255 g/mol. The summed E-state index contributed by atoms with van der Waals surface area (Å²) in [5.41, 5.74) is -1.31. The van der Waals surface area contributed by atoms with Gasteiger partial charge in [-0.05, 0) is 24.6 Å². The van der Waals surface area contributed by atoms with Crippen LogP contribution in [0.15, 0.2) is 12.1 Å². The number of hydrogen-bond acceptors (Lipinski definition) is 1. The standard InChI is InChI=1S/C9H6ClF5O/c1-4-2-5(16-8(11)12)3-6(10)7(4)9(13,14)15/h2-3,8H,1H3. The topological polar surface area (TPSA) is 9.23 Å². The maximum atomic E-state index is 12.4. The van der Waals surface area contributed by atoms with Crippen LogP contribution in [0.25, 0.3) is 0 Å². The first-order valence-electron chi connectivity index (χ1n) is 4.04. The van der Waals surface area contributed by atoms with Crippen LogP contribution in [0.2, 0.25) is 5.02 Å². The van der Waals surface area contributed by atoms with E-state index in [1.165, 1.54) is 0 Å². The molecular formula is C9H6ClF5O. The molecule has 1 aromatic rings. The molecule has 1 aromatic carbocycles. The molecule has 1 nitrogen and oxygen atoms in total. The highest BCUT2D eigenvalue weighted by molar-refractivity contribution is 6.31. The van der Waals surface area contributed by atoms with E-state index in [1.54, 1.807) is 0 Å². The van der Waals surface area contributed by atoms with Crippen molar-refractivity contribution in [2.45, 2.75) is 19.7 Å². The molecule has 0 aliphatic rings. The van der Waals surface area contributed by atoms with Crippen LogP contribution in [0.3, 0.4) is 0 Å². The van der Waals surface area contributed by atoms with Crippen molar-refractivity contribution in [2.24, 2.45) is 0 Å². The summed E-state index contributed by atoms with van der Waals surface area (Å²) in [6.07, 6.45) is -4.62. The van der Waals surface area contributed by atoms with Crippen molar-refractivity contribution in [3.05, 3.63) is 28.3 Å². The molecule has 0 unspecified atom stereocenters. The molecule has 0 amide bonds. The van der Waals surface area contributed by atoms with Crippen LogP contribution >= 0.6 is 11.6 Å². The number of aryl methyl sites for hydroxylation is 1. The van der Waals surface area contributed by atoms with E-state index in [2.05, 4.69) is 4.74 Å². The first-order chi connectivity index (χ1) is 7.21. The van der Waals surface area contributed by atoms with E-state index >= 15 is 0 Å². The van der Waals surface area contributed by atoms with Gasteiger partial charge in [0.1, 0.15) is 5.75 Å². The van der Waals surface area contributed by atoms with Gasteiger partial charge in [0.05, 0.1) is 10.6 Å². The van der Waals surface area contributed by atoms with E-state index in [4.69, 9.17) is 11.6 Å². The fourth-order valence-corrected chi connectivity index (χ4v) is 1.61. The Morgan fingerprint density at radius 2 is 1.81 bits per heavy atom. The molecule has 0 saturated heterocycles. The number of halogens is 6. The second kappa shape index (κ2) is 4.45. The molecule has 0 bridgehead atoms. The van der Waals surface area contributed by atoms with Gasteiger partial charge in [-0.15, -0.1) is 0 Å². The summed E-state index contributed by atoms with van der Waals surface area (Å²) in [5, 5.41) is -0.664. The molecule has 90 valence electrons. The maximum absolute atomic E-state index is 12.4. The highest BCUT2D eigenvalue weighted by atomic mass is 35.5. The van der Waals surface area contributed by atoms with E-state index in [1.807, 2.05) is 0 Å². The van der Waals surface area contributed by atoms with E-state index in [0.717, 1.165) is 13.0 Å². The lowest BCUT2D eigenvalue weighted by molar-refractivity contribution is -0.138. The molecule has 0 atom stereocenters. The van der Waals surface area contributed by atoms with Gasteiger partial charge in [0.2, 0.25) is 0 Å². The van der Waals surface area contributed by atoms with Gasteiger partial charge < -0.3 is 4.74 Å². The van der Waals surface area contributed by atoms with Crippen LogP contribution in [0.4, 0.5) is 22.0 Å². The lowest BCUT2D eigenvalue weighted by Gasteiger charge is -2.14. The number of benzene rings is 1. The summed E-state index contributed by atoms with van der Waals surface area (Å²) in [6.45, 7) is -1.99. The van der Waals surface area contributed by atoms with Crippen molar-refractivity contribution >= 4 is 11.6 Å². The largest absolute Gasteiger partial charge is 0.435 e. The second-order valence-electron chi connectivity index (χ2n) is 2.97. The number of alkyl halides is 5. The minimum atomic E-state index is -4.62. The van der Waals surface area contributed by atoms with Crippen LogP contribution in [-0.4, -0.2) is 6.61 Å². The highest BCUT2D eigenvalue weighted by Crippen LogP contribution is 2.39. The fourth-order valence-electron chi connectivity index (χ4n) is 1.24. The first-order valence-corrected chi connectivity index (χ1v) is 4.41. The summed E-state index contributed by atoms with van der Waals surface area (Å²) >= 11 is 5.36. The van der Waals surface area contributed by atoms with Crippen molar-refractivity contribution in [2.75, 3.05) is 0 Å². The van der Waals surface area contributed by atoms with Crippen LogP contribution in [0.5, 0.6) is 5.75 Å². The monoisotopic (exact) mass is 260 g/mol. The zero-order valence-electron chi connectivity index (χ0n) is 7.91. The SMILES string of the molecule is Cc1cc(OC(F)F)cc(Cl)c1C(F)(F)F. The van der Waals surface area contributed by atoms with Gasteiger partial charge in [-0.3, -0.25) is 0 Å². The Hall–Kier alpha value is -1.04. The number of ether oxygens (including phenoxy) is 1. The van der Waals surface area contributed by atoms with Gasteiger partial charge in [0, 0.05) is 0 Å². The molecule has 0 N–H and O–H groups in total. The van der Waals surface area contributed by atoms with Crippen molar-refractivity contribution in [3.63, 3.8) is 0 Å². The van der Waals surface area contributed by atoms with E-state index in [9.17, 15) is 22.0 Å². The Morgan fingerprint density at radius 1 is 1.25 bits per heavy atom. The van der Waals surface area contributed by atoms with Gasteiger partial charge in [-0.25, -0.2) is 0 Å². The average molecular weight is 261 g/mol. The molecule has 1 rings (SSSR count). The Morgan fingerprint density at radius 3 is 2.19 bits per heavy atom. The quantitative estimate of drug-likeness (QED) is 0.722. The summed E-state index contributed by atoms with van der Waals surface area (Å²) in [4.78, 5) is 0. The molecule has 0 aliphatic carbocycles. The number of hydrogen-bond donors (Lipinski definition) is 0. The lowest BCUT2D eigenvalue weighted by atomic mass is 10.1. The second-order valence-corrected chi connectivity index (χ2v) is 3.38. The van der Waals surface area contributed by atoms with Gasteiger partial charge in [-0.1, -0.05) is 11.6 Å². The smallest absolute Gasteiger partial charge is 0.418 e. The zero-order chi connectivity index (χ0) is 12.5. The average Bonchev–Trinajstić information content (AvgIpc) is 1.96. The van der Waals surface area contributed by atoms with E-state index < -0.39 is 29.1 Å². The fraction of sp³-hybridized carbons (Fsp3) is 0.333. The van der Waals surface area contributed by atoms with Crippen LogP contribution in [0, 0.1) is 6.92 Å². The molecule has 0 radical (unpaired) electrons. The molecule has 7 heteroatoms. The summed E-state index contributed by atoms with van der Waals surface area (Å²) in [6, 6.07) is 1.57. The van der Waals surface area contributed by atoms with Crippen LogP contribution in [0.1, 0.15) is 11.1 Å². The van der Waals surface area contributed by atoms with Crippen LogP contribution in [-0.2, 0) is 6.18 Å². The van der Waals surface area contributed by atoms with E-state index in [0.29, 0.717) is 6.07 Å². The summed E-state index contributed by atoms with van der Waals surface area (Å²) in [7, 11) is 0. The van der Waals surface area contributed by atoms with Gasteiger partial charge in [-0.2, -0.15) is 22.0 Å². The molecule has 16 heavy (non-hydrogen) atoms. The normalized spacial score (nSPS) is 12.0. The third-order valence-corrected chi connectivity index (χ3v) is 2.07. The minimum Gasteiger partial charge on any atom is -0.435 e. The maximum Gasteiger partial charge on any atom is 0.418 e. The van der Waals surface area contributed by atoms with E-state index in [-0.39, 0.29) is 5.56 Å². The molecule has 0 fully saturated rings. The Labute approximate surface area is 92.8 Å². The molecule has 0 spiro atoms. The Kier molecular flexibility index (Phi) is 3.62. The predicted octanol–water partition coefficient (Wildman–Crippen LogP) is 4.27. The number of rotatable bonds is 2. The summed E-state index contributed by atoms with van der Waals surface area (Å²) in [5.74, 6) is -0.398. The van der Waals surface area contributed by atoms with Crippen LogP contribution < -0.4 is 4.74 Å². The molecule has 0 heterocycles. The van der Waals surface area contributed by atoms with Gasteiger partial charge in [0.15, 0.2) is 0 Å².